The van der Waals surface area contributed by atoms with Gasteiger partial charge in [0.05, 0.1) is 13.2 Å². The standard InChI is InChI=1S/C26H29N3O2/c1-18-7-12-23(26(27)30)25(24(18)20-5-4-6-22(17-20)28(2)3)19-8-10-21(11-9-19)29-13-15-31-16-14-29/h4-12,17H,13-16H2,1-3H3,(H2,27,30). The maximum atomic E-state index is 12.4. The lowest BCUT2D eigenvalue weighted by Gasteiger charge is -2.29. The van der Waals surface area contributed by atoms with Crippen LogP contribution in [0.4, 0.5) is 11.4 Å². The predicted octanol–water partition coefficient (Wildman–Crippen LogP) is 4.33. The molecule has 31 heavy (non-hydrogen) atoms. The number of rotatable bonds is 5. The van der Waals surface area contributed by atoms with Gasteiger partial charge in [0.15, 0.2) is 0 Å². The minimum Gasteiger partial charge on any atom is -0.378 e. The van der Waals surface area contributed by atoms with Crippen molar-refractivity contribution in [3.63, 3.8) is 0 Å². The third kappa shape index (κ3) is 4.28. The molecule has 5 heteroatoms. The van der Waals surface area contributed by atoms with Gasteiger partial charge in [0, 0.05) is 49.7 Å². The quantitative estimate of drug-likeness (QED) is 0.674. The van der Waals surface area contributed by atoms with Crippen LogP contribution in [-0.4, -0.2) is 46.3 Å². The Morgan fingerprint density at radius 2 is 1.65 bits per heavy atom. The van der Waals surface area contributed by atoms with Crippen molar-refractivity contribution in [2.75, 3.05) is 50.2 Å². The van der Waals surface area contributed by atoms with Gasteiger partial charge in [-0.25, -0.2) is 0 Å². The maximum Gasteiger partial charge on any atom is 0.249 e. The van der Waals surface area contributed by atoms with Gasteiger partial charge >= 0.3 is 0 Å². The number of morpholine rings is 1. The summed E-state index contributed by atoms with van der Waals surface area (Å²) < 4.78 is 5.46. The van der Waals surface area contributed by atoms with Crippen molar-refractivity contribution in [1.29, 1.82) is 0 Å². The molecule has 0 bridgehead atoms. The molecule has 1 heterocycles. The number of nitrogens with zero attached hydrogens (tertiary/aromatic N) is 2. The first-order valence-electron chi connectivity index (χ1n) is 10.6. The van der Waals surface area contributed by atoms with Crippen molar-refractivity contribution in [3.8, 4) is 22.3 Å². The van der Waals surface area contributed by atoms with Crippen LogP contribution >= 0.6 is 0 Å². The van der Waals surface area contributed by atoms with Crippen LogP contribution in [-0.2, 0) is 4.74 Å². The van der Waals surface area contributed by atoms with E-state index in [2.05, 4.69) is 59.2 Å². The van der Waals surface area contributed by atoms with Gasteiger partial charge in [0.25, 0.3) is 0 Å². The monoisotopic (exact) mass is 415 g/mol. The van der Waals surface area contributed by atoms with E-state index in [0.29, 0.717) is 5.56 Å². The van der Waals surface area contributed by atoms with Crippen molar-refractivity contribution in [2.24, 2.45) is 5.73 Å². The number of nitrogens with two attached hydrogens (primary N) is 1. The summed E-state index contributed by atoms with van der Waals surface area (Å²) in [5.74, 6) is -0.419. The summed E-state index contributed by atoms with van der Waals surface area (Å²) in [5, 5.41) is 0. The molecule has 1 saturated heterocycles. The zero-order valence-electron chi connectivity index (χ0n) is 18.4. The minimum absolute atomic E-state index is 0.419. The largest absolute Gasteiger partial charge is 0.378 e. The lowest BCUT2D eigenvalue weighted by atomic mass is 9.87. The second-order valence-corrected chi connectivity index (χ2v) is 8.14. The second kappa shape index (κ2) is 8.82. The van der Waals surface area contributed by atoms with Crippen LogP contribution < -0.4 is 15.5 Å². The van der Waals surface area contributed by atoms with Gasteiger partial charge in [-0.3, -0.25) is 4.79 Å². The molecule has 1 aliphatic rings. The first kappa shape index (κ1) is 20.9. The molecule has 0 spiro atoms. The molecular formula is C26H29N3O2. The van der Waals surface area contributed by atoms with Gasteiger partial charge in [0.2, 0.25) is 5.91 Å². The number of hydrogen-bond acceptors (Lipinski definition) is 4. The van der Waals surface area contributed by atoms with Gasteiger partial charge in [0.1, 0.15) is 0 Å². The van der Waals surface area contributed by atoms with Gasteiger partial charge in [-0.1, -0.05) is 30.3 Å². The molecule has 160 valence electrons. The molecule has 3 aromatic rings. The molecule has 5 nitrogen and oxygen atoms in total. The number of amides is 1. The molecule has 4 rings (SSSR count). The zero-order chi connectivity index (χ0) is 22.0. The zero-order valence-corrected chi connectivity index (χ0v) is 18.4. The normalized spacial score (nSPS) is 13.8. The van der Waals surface area contributed by atoms with Gasteiger partial charge in [-0.05, 0) is 59.5 Å². The van der Waals surface area contributed by atoms with E-state index >= 15 is 0 Å². The van der Waals surface area contributed by atoms with Crippen molar-refractivity contribution in [3.05, 3.63) is 71.8 Å². The van der Waals surface area contributed by atoms with Crippen LogP contribution in [0, 0.1) is 6.92 Å². The Balaban J connectivity index is 1.85. The summed E-state index contributed by atoms with van der Waals surface area (Å²) >= 11 is 0. The first-order valence-corrected chi connectivity index (χ1v) is 10.6. The van der Waals surface area contributed by atoms with Gasteiger partial charge < -0.3 is 20.3 Å². The smallest absolute Gasteiger partial charge is 0.249 e. The minimum atomic E-state index is -0.419. The number of hydrogen-bond donors (Lipinski definition) is 1. The van der Waals surface area contributed by atoms with E-state index in [1.165, 1.54) is 0 Å². The topological polar surface area (TPSA) is 58.8 Å². The third-order valence-corrected chi connectivity index (χ3v) is 5.86. The number of anilines is 2. The van der Waals surface area contributed by atoms with Crippen molar-refractivity contribution in [2.45, 2.75) is 6.92 Å². The highest BCUT2D eigenvalue weighted by Crippen LogP contribution is 2.39. The molecule has 1 fully saturated rings. The second-order valence-electron chi connectivity index (χ2n) is 8.14. The molecule has 1 amide bonds. The lowest BCUT2D eigenvalue weighted by Crippen LogP contribution is -2.36. The Morgan fingerprint density at radius 1 is 0.935 bits per heavy atom. The van der Waals surface area contributed by atoms with Crippen LogP contribution in [0.15, 0.2) is 60.7 Å². The molecule has 0 aromatic heterocycles. The van der Waals surface area contributed by atoms with E-state index in [0.717, 1.165) is 65.5 Å². The molecule has 0 saturated carbocycles. The first-order chi connectivity index (χ1) is 15.0. The lowest BCUT2D eigenvalue weighted by molar-refractivity contribution is 0.100. The Labute approximate surface area is 184 Å². The van der Waals surface area contributed by atoms with E-state index in [1.807, 2.05) is 32.3 Å². The fourth-order valence-corrected chi connectivity index (χ4v) is 4.18. The summed E-state index contributed by atoms with van der Waals surface area (Å²) in [4.78, 5) is 16.8. The molecule has 2 N–H and O–H groups in total. The number of aryl methyl sites for hydroxylation is 1. The Kier molecular flexibility index (Phi) is 5.96. The van der Waals surface area contributed by atoms with E-state index in [1.54, 1.807) is 0 Å². The Morgan fingerprint density at radius 3 is 2.29 bits per heavy atom. The average molecular weight is 416 g/mol. The fraction of sp³-hybridized carbons (Fsp3) is 0.269. The van der Waals surface area contributed by atoms with Gasteiger partial charge in [-0.2, -0.15) is 0 Å². The SMILES string of the molecule is Cc1ccc(C(N)=O)c(-c2ccc(N3CCOCC3)cc2)c1-c1cccc(N(C)C)c1. The average Bonchev–Trinajstić information content (AvgIpc) is 2.79. The summed E-state index contributed by atoms with van der Waals surface area (Å²) in [5.41, 5.74) is 13.7. The van der Waals surface area contributed by atoms with E-state index in [4.69, 9.17) is 10.5 Å². The number of benzene rings is 3. The molecule has 0 unspecified atom stereocenters. The molecular weight excluding hydrogens is 386 g/mol. The Bertz CT molecular complexity index is 1080. The number of primary amides is 1. The summed E-state index contributed by atoms with van der Waals surface area (Å²) in [6.07, 6.45) is 0. The molecule has 0 aliphatic carbocycles. The highest BCUT2D eigenvalue weighted by molar-refractivity contribution is 6.05. The van der Waals surface area contributed by atoms with E-state index in [-0.39, 0.29) is 0 Å². The van der Waals surface area contributed by atoms with Crippen LogP contribution in [0.25, 0.3) is 22.3 Å². The highest BCUT2D eigenvalue weighted by Gasteiger charge is 2.19. The van der Waals surface area contributed by atoms with Crippen LogP contribution in [0.2, 0.25) is 0 Å². The number of ether oxygens (including phenoxy) is 1. The van der Waals surface area contributed by atoms with Crippen molar-refractivity contribution < 1.29 is 9.53 Å². The van der Waals surface area contributed by atoms with Crippen LogP contribution in [0.1, 0.15) is 15.9 Å². The third-order valence-electron chi connectivity index (χ3n) is 5.86. The van der Waals surface area contributed by atoms with Crippen molar-refractivity contribution >= 4 is 17.3 Å². The van der Waals surface area contributed by atoms with E-state index < -0.39 is 5.91 Å². The summed E-state index contributed by atoms with van der Waals surface area (Å²) in [6.45, 7) is 5.35. The number of carbonyl (C=O) groups is 1. The van der Waals surface area contributed by atoms with E-state index in [9.17, 15) is 4.79 Å². The molecule has 0 atom stereocenters. The van der Waals surface area contributed by atoms with Gasteiger partial charge in [-0.15, -0.1) is 0 Å². The van der Waals surface area contributed by atoms with Crippen molar-refractivity contribution in [1.82, 2.24) is 0 Å². The number of carbonyl (C=O) groups excluding carboxylic acids is 1. The maximum absolute atomic E-state index is 12.4. The molecule has 0 radical (unpaired) electrons. The highest BCUT2D eigenvalue weighted by atomic mass is 16.5. The summed E-state index contributed by atoms with van der Waals surface area (Å²) in [6, 6.07) is 20.6. The van der Waals surface area contributed by atoms with Crippen LogP contribution in [0.5, 0.6) is 0 Å². The Hall–Kier alpha value is -3.31. The molecule has 3 aromatic carbocycles. The fourth-order valence-electron chi connectivity index (χ4n) is 4.18. The predicted molar refractivity (Wildman–Crippen MR) is 128 cm³/mol. The van der Waals surface area contributed by atoms with Crippen LogP contribution in [0.3, 0.4) is 0 Å². The summed E-state index contributed by atoms with van der Waals surface area (Å²) in [7, 11) is 4.05. The molecule has 1 aliphatic heterocycles.